The number of carbonyl (C=O) groups is 2. The number of ether oxygens (including phenoxy) is 1. The van der Waals surface area contributed by atoms with E-state index in [1.165, 1.54) is 4.90 Å². The molecular weight excluding hydrogens is 439 g/mol. The first kappa shape index (κ1) is 18.7. The molecule has 0 bridgehead atoms. The van der Waals surface area contributed by atoms with Gasteiger partial charge in [-0.05, 0) is 59.2 Å². The summed E-state index contributed by atoms with van der Waals surface area (Å²) in [6.07, 6.45) is 0. The highest BCUT2D eigenvalue weighted by Gasteiger charge is 2.16. The van der Waals surface area contributed by atoms with E-state index in [4.69, 9.17) is 4.74 Å². The molecule has 0 saturated heterocycles. The number of amides is 2. The summed E-state index contributed by atoms with van der Waals surface area (Å²) in [4.78, 5) is 26.8. The molecule has 1 aromatic heterocycles. The lowest BCUT2D eigenvalue weighted by molar-refractivity contribution is -0.137. The Hall–Kier alpha value is -1.61. The highest BCUT2D eigenvalue weighted by molar-refractivity contribution is 14.1. The van der Waals surface area contributed by atoms with E-state index in [0.29, 0.717) is 18.8 Å². The van der Waals surface area contributed by atoms with Crippen molar-refractivity contribution in [3.05, 3.63) is 50.2 Å². The topological polar surface area (TPSA) is 58.6 Å². The van der Waals surface area contributed by atoms with Crippen molar-refractivity contribution in [2.24, 2.45) is 0 Å². The number of nitrogens with zero attached hydrogens (tertiary/aromatic N) is 1. The third kappa shape index (κ3) is 6.12. The van der Waals surface area contributed by atoms with Gasteiger partial charge >= 0.3 is 0 Å². The summed E-state index contributed by atoms with van der Waals surface area (Å²) in [7, 11) is 0. The van der Waals surface area contributed by atoms with Gasteiger partial charge in [-0.25, -0.2) is 0 Å². The standard InChI is InChI=1S/C17H19IN2O3S/c1-2-20(11-16(21)19-10-15-7-4-8-24-15)17(22)12-23-14-6-3-5-13(18)9-14/h3-9H,2,10-12H2,1H3,(H,19,21). The summed E-state index contributed by atoms with van der Waals surface area (Å²) in [5, 5.41) is 4.79. The first-order valence-electron chi connectivity index (χ1n) is 7.53. The summed E-state index contributed by atoms with van der Waals surface area (Å²) >= 11 is 3.77. The summed E-state index contributed by atoms with van der Waals surface area (Å²) in [6, 6.07) is 11.4. The lowest BCUT2D eigenvalue weighted by Gasteiger charge is -2.20. The fraction of sp³-hybridized carbons (Fsp3) is 0.294. The Morgan fingerprint density at radius 3 is 2.79 bits per heavy atom. The van der Waals surface area contributed by atoms with Crippen molar-refractivity contribution in [3.63, 3.8) is 0 Å². The van der Waals surface area contributed by atoms with Gasteiger partial charge in [0.1, 0.15) is 5.75 Å². The van der Waals surface area contributed by atoms with Crippen LogP contribution < -0.4 is 10.1 Å². The molecule has 0 spiro atoms. The first-order valence-corrected chi connectivity index (χ1v) is 9.49. The zero-order valence-corrected chi connectivity index (χ0v) is 16.3. The molecule has 0 fully saturated rings. The SMILES string of the molecule is CCN(CC(=O)NCc1cccs1)C(=O)COc1cccc(I)c1. The smallest absolute Gasteiger partial charge is 0.260 e. The molecular formula is C17H19IN2O3S. The van der Waals surface area contributed by atoms with Crippen molar-refractivity contribution in [3.8, 4) is 5.75 Å². The van der Waals surface area contributed by atoms with Gasteiger partial charge in [-0.1, -0.05) is 12.1 Å². The molecule has 0 aliphatic heterocycles. The van der Waals surface area contributed by atoms with E-state index in [0.717, 1.165) is 8.45 Å². The van der Waals surface area contributed by atoms with Gasteiger partial charge in [-0.2, -0.15) is 0 Å². The molecule has 0 aliphatic carbocycles. The number of likely N-dealkylation sites (N-methyl/N-ethyl adjacent to an activating group) is 1. The van der Waals surface area contributed by atoms with Crippen LogP contribution in [0.25, 0.3) is 0 Å². The second-order valence-corrected chi connectivity index (χ2v) is 7.29. The molecule has 1 aromatic carbocycles. The van der Waals surface area contributed by atoms with E-state index >= 15 is 0 Å². The number of halogens is 1. The molecule has 0 atom stereocenters. The van der Waals surface area contributed by atoms with Crippen LogP contribution >= 0.6 is 33.9 Å². The zero-order valence-electron chi connectivity index (χ0n) is 13.3. The normalized spacial score (nSPS) is 10.2. The molecule has 0 radical (unpaired) electrons. The molecule has 24 heavy (non-hydrogen) atoms. The van der Waals surface area contributed by atoms with E-state index in [-0.39, 0.29) is 25.0 Å². The second kappa shape index (κ2) is 9.63. The fourth-order valence-corrected chi connectivity index (χ4v) is 3.16. The van der Waals surface area contributed by atoms with Crippen LogP contribution in [0.3, 0.4) is 0 Å². The van der Waals surface area contributed by atoms with Gasteiger partial charge in [0.05, 0.1) is 13.1 Å². The fourth-order valence-electron chi connectivity index (χ4n) is 2.00. The van der Waals surface area contributed by atoms with Crippen molar-refractivity contribution in [2.75, 3.05) is 19.7 Å². The number of benzene rings is 1. The molecule has 0 saturated carbocycles. The quantitative estimate of drug-likeness (QED) is 0.620. The lowest BCUT2D eigenvalue weighted by Crippen LogP contribution is -2.42. The Balaban J connectivity index is 1.78. The molecule has 0 aliphatic rings. The van der Waals surface area contributed by atoms with Crippen LogP contribution in [0.1, 0.15) is 11.8 Å². The van der Waals surface area contributed by atoms with Gasteiger partial charge < -0.3 is 15.0 Å². The van der Waals surface area contributed by atoms with Crippen molar-refractivity contribution >= 4 is 45.7 Å². The van der Waals surface area contributed by atoms with Crippen LogP contribution in [0.4, 0.5) is 0 Å². The van der Waals surface area contributed by atoms with Crippen molar-refractivity contribution in [1.29, 1.82) is 0 Å². The summed E-state index contributed by atoms with van der Waals surface area (Å²) < 4.78 is 6.55. The number of hydrogen-bond donors (Lipinski definition) is 1. The van der Waals surface area contributed by atoms with Gasteiger partial charge in [0.25, 0.3) is 5.91 Å². The molecule has 5 nitrogen and oxygen atoms in total. The Kier molecular flexibility index (Phi) is 7.51. The van der Waals surface area contributed by atoms with E-state index in [9.17, 15) is 9.59 Å². The predicted octanol–water partition coefficient (Wildman–Crippen LogP) is 2.90. The van der Waals surface area contributed by atoms with Crippen molar-refractivity contribution in [2.45, 2.75) is 13.5 Å². The van der Waals surface area contributed by atoms with Gasteiger partial charge in [0.2, 0.25) is 5.91 Å². The summed E-state index contributed by atoms with van der Waals surface area (Å²) in [5.74, 6) is 0.268. The maximum absolute atomic E-state index is 12.2. The zero-order chi connectivity index (χ0) is 17.4. The van der Waals surface area contributed by atoms with Gasteiger partial charge in [-0.3, -0.25) is 9.59 Å². The predicted molar refractivity (Wildman–Crippen MR) is 103 cm³/mol. The summed E-state index contributed by atoms with van der Waals surface area (Å²) in [5.41, 5.74) is 0. The van der Waals surface area contributed by atoms with E-state index in [1.807, 2.05) is 42.6 Å². The van der Waals surface area contributed by atoms with Crippen molar-refractivity contribution in [1.82, 2.24) is 10.2 Å². The maximum Gasteiger partial charge on any atom is 0.260 e. The Morgan fingerprint density at radius 1 is 1.29 bits per heavy atom. The Labute approximate surface area is 159 Å². The molecule has 1 heterocycles. The minimum absolute atomic E-state index is 0.0381. The lowest BCUT2D eigenvalue weighted by atomic mass is 10.3. The Bertz CT molecular complexity index is 676. The monoisotopic (exact) mass is 458 g/mol. The molecule has 128 valence electrons. The Morgan fingerprint density at radius 2 is 2.12 bits per heavy atom. The average molecular weight is 458 g/mol. The second-order valence-electron chi connectivity index (χ2n) is 5.01. The first-order chi connectivity index (χ1) is 11.6. The molecule has 2 aromatic rings. The minimum Gasteiger partial charge on any atom is -0.484 e. The maximum atomic E-state index is 12.2. The molecule has 2 amide bonds. The van der Waals surface area contributed by atoms with Crippen LogP contribution in [-0.2, 0) is 16.1 Å². The van der Waals surface area contributed by atoms with Crippen LogP contribution in [-0.4, -0.2) is 36.4 Å². The van der Waals surface area contributed by atoms with Crippen LogP contribution in [0.15, 0.2) is 41.8 Å². The number of thiophene rings is 1. The number of nitrogens with one attached hydrogen (secondary N) is 1. The van der Waals surface area contributed by atoms with Gasteiger partial charge in [-0.15, -0.1) is 11.3 Å². The molecule has 0 unspecified atom stereocenters. The average Bonchev–Trinajstić information content (AvgIpc) is 3.09. The highest BCUT2D eigenvalue weighted by atomic mass is 127. The van der Waals surface area contributed by atoms with Crippen LogP contribution in [0, 0.1) is 3.57 Å². The minimum atomic E-state index is -0.206. The number of carbonyl (C=O) groups excluding carboxylic acids is 2. The van der Waals surface area contributed by atoms with E-state index in [2.05, 4.69) is 27.9 Å². The van der Waals surface area contributed by atoms with Gasteiger partial charge in [0.15, 0.2) is 6.61 Å². The van der Waals surface area contributed by atoms with Crippen LogP contribution in [0.5, 0.6) is 5.75 Å². The highest BCUT2D eigenvalue weighted by Crippen LogP contribution is 2.14. The molecule has 7 heteroatoms. The van der Waals surface area contributed by atoms with Crippen molar-refractivity contribution < 1.29 is 14.3 Å². The summed E-state index contributed by atoms with van der Waals surface area (Å²) in [6.45, 7) is 2.75. The van der Waals surface area contributed by atoms with Crippen LogP contribution in [0.2, 0.25) is 0 Å². The number of rotatable bonds is 8. The molecule has 1 N–H and O–H groups in total. The third-order valence-corrected chi connectivity index (χ3v) is 4.81. The molecule has 2 rings (SSSR count). The number of hydrogen-bond acceptors (Lipinski definition) is 4. The van der Waals surface area contributed by atoms with E-state index < -0.39 is 0 Å². The van der Waals surface area contributed by atoms with Gasteiger partial charge in [0, 0.05) is 15.0 Å². The van der Waals surface area contributed by atoms with E-state index in [1.54, 1.807) is 17.4 Å². The third-order valence-electron chi connectivity index (χ3n) is 3.27. The largest absolute Gasteiger partial charge is 0.484 e.